The molecule has 2 heterocycles. The number of aromatic hydroxyl groups is 1. The molecule has 0 unspecified atom stereocenters. The van der Waals surface area contributed by atoms with E-state index in [-0.39, 0.29) is 11.2 Å². The standard InChI is InChI=1S/C15H19NO.C9H14N2O2/c1-15(2,3)10-9-14-16-11-13(17-14)12-7-5-4-6-8-12;1-5-10-7(9(2,3)4)6(12)8(13)11-5/h4-8,11H,9-10H2,1-3H3;12H,1-4H3,(H,10,11,13). The molecule has 6 nitrogen and oxygen atoms in total. The molecule has 2 aromatic heterocycles. The van der Waals surface area contributed by atoms with Gasteiger partial charge in [-0.15, -0.1) is 0 Å². The van der Waals surface area contributed by atoms with Crippen LogP contribution in [0.4, 0.5) is 0 Å². The van der Waals surface area contributed by atoms with E-state index in [0.717, 1.165) is 30.1 Å². The van der Waals surface area contributed by atoms with Gasteiger partial charge >= 0.3 is 0 Å². The highest BCUT2D eigenvalue weighted by Gasteiger charge is 2.22. The van der Waals surface area contributed by atoms with Gasteiger partial charge in [-0.1, -0.05) is 71.9 Å². The maximum absolute atomic E-state index is 11.2. The summed E-state index contributed by atoms with van der Waals surface area (Å²) < 4.78 is 5.75. The van der Waals surface area contributed by atoms with Gasteiger partial charge in [0.15, 0.2) is 11.7 Å². The average molecular weight is 412 g/mol. The SMILES string of the molecule is CC(C)(C)CCc1ncc(-c2ccccc2)o1.Cc1nc(C(C)(C)C)c(O)c(=O)[nH]1. The number of oxazole rings is 1. The van der Waals surface area contributed by atoms with Gasteiger partial charge in [-0.3, -0.25) is 4.79 Å². The highest BCUT2D eigenvalue weighted by Crippen LogP contribution is 2.25. The predicted molar refractivity (Wildman–Crippen MR) is 120 cm³/mol. The summed E-state index contributed by atoms with van der Waals surface area (Å²) in [6.07, 6.45) is 3.80. The van der Waals surface area contributed by atoms with Gasteiger partial charge in [-0.2, -0.15) is 0 Å². The summed E-state index contributed by atoms with van der Waals surface area (Å²) in [5, 5.41) is 9.45. The monoisotopic (exact) mass is 411 g/mol. The molecular formula is C24H33N3O3. The van der Waals surface area contributed by atoms with Crippen LogP contribution in [0.5, 0.6) is 5.75 Å². The Labute approximate surface area is 178 Å². The molecule has 0 aliphatic carbocycles. The Morgan fingerprint density at radius 3 is 2.27 bits per heavy atom. The number of benzene rings is 1. The van der Waals surface area contributed by atoms with Crippen LogP contribution in [-0.4, -0.2) is 20.1 Å². The Balaban J connectivity index is 0.000000222. The van der Waals surface area contributed by atoms with E-state index in [1.165, 1.54) is 0 Å². The van der Waals surface area contributed by atoms with E-state index in [1.54, 1.807) is 6.92 Å². The van der Waals surface area contributed by atoms with Gasteiger partial charge in [-0.05, 0) is 18.8 Å². The smallest absolute Gasteiger partial charge is 0.293 e. The Kier molecular flexibility index (Phi) is 7.24. The topological polar surface area (TPSA) is 92.0 Å². The highest BCUT2D eigenvalue weighted by atomic mass is 16.4. The van der Waals surface area contributed by atoms with E-state index in [0.29, 0.717) is 16.9 Å². The van der Waals surface area contributed by atoms with E-state index in [9.17, 15) is 9.90 Å². The molecule has 0 atom stereocenters. The van der Waals surface area contributed by atoms with Crippen molar-refractivity contribution in [3.05, 3.63) is 64.3 Å². The zero-order chi connectivity index (χ0) is 22.5. The van der Waals surface area contributed by atoms with E-state index in [1.807, 2.05) is 57.3 Å². The third kappa shape index (κ3) is 6.87. The quantitative estimate of drug-likeness (QED) is 0.602. The molecule has 3 rings (SSSR count). The molecule has 0 aliphatic rings. The van der Waals surface area contributed by atoms with Crippen molar-refractivity contribution in [3.63, 3.8) is 0 Å². The molecule has 1 aromatic carbocycles. The average Bonchev–Trinajstić information content (AvgIpc) is 3.12. The lowest BCUT2D eigenvalue weighted by molar-refractivity contribution is 0.356. The van der Waals surface area contributed by atoms with E-state index in [4.69, 9.17) is 4.42 Å². The third-order valence-electron chi connectivity index (χ3n) is 4.42. The molecule has 30 heavy (non-hydrogen) atoms. The summed E-state index contributed by atoms with van der Waals surface area (Å²) in [7, 11) is 0. The second-order valence-electron chi connectivity index (χ2n) is 9.64. The molecule has 0 saturated carbocycles. The predicted octanol–water partition coefficient (Wildman–Crippen LogP) is 5.40. The van der Waals surface area contributed by atoms with Gasteiger partial charge in [-0.25, -0.2) is 9.97 Å². The second-order valence-corrected chi connectivity index (χ2v) is 9.64. The molecule has 0 aliphatic heterocycles. The molecule has 162 valence electrons. The molecular weight excluding hydrogens is 378 g/mol. The first-order valence-corrected chi connectivity index (χ1v) is 10.2. The fourth-order valence-electron chi connectivity index (χ4n) is 2.75. The second kappa shape index (κ2) is 9.28. The minimum Gasteiger partial charge on any atom is -0.502 e. The Morgan fingerprint density at radius 1 is 1.07 bits per heavy atom. The van der Waals surface area contributed by atoms with Crippen LogP contribution in [0.25, 0.3) is 11.3 Å². The van der Waals surface area contributed by atoms with Gasteiger partial charge in [0, 0.05) is 17.4 Å². The molecule has 0 saturated heterocycles. The molecule has 6 heteroatoms. The fraction of sp³-hybridized carbons (Fsp3) is 0.458. The van der Waals surface area contributed by atoms with Crippen LogP contribution in [0.3, 0.4) is 0 Å². The Morgan fingerprint density at radius 2 is 1.70 bits per heavy atom. The molecule has 0 radical (unpaired) electrons. The summed E-state index contributed by atoms with van der Waals surface area (Å²) in [5.74, 6) is 1.93. The van der Waals surface area contributed by atoms with Gasteiger partial charge < -0.3 is 14.5 Å². The Bertz CT molecular complexity index is 1010. The van der Waals surface area contributed by atoms with Crippen molar-refractivity contribution < 1.29 is 9.52 Å². The number of hydrogen-bond acceptors (Lipinski definition) is 5. The van der Waals surface area contributed by atoms with Crippen LogP contribution in [0, 0.1) is 12.3 Å². The highest BCUT2D eigenvalue weighted by molar-refractivity contribution is 5.55. The van der Waals surface area contributed by atoms with Crippen molar-refractivity contribution in [2.24, 2.45) is 5.41 Å². The zero-order valence-electron chi connectivity index (χ0n) is 19.0. The Hall–Kier alpha value is -2.89. The minimum absolute atomic E-state index is 0.280. The largest absolute Gasteiger partial charge is 0.502 e. The summed E-state index contributed by atoms with van der Waals surface area (Å²) in [4.78, 5) is 22.0. The third-order valence-corrected chi connectivity index (χ3v) is 4.42. The first-order valence-electron chi connectivity index (χ1n) is 10.2. The molecule has 0 fully saturated rings. The van der Waals surface area contributed by atoms with Crippen molar-refractivity contribution in [1.82, 2.24) is 15.0 Å². The molecule has 2 N–H and O–H groups in total. The molecule has 0 bridgehead atoms. The molecule has 0 amide bonds. The molecule has 3 aromatic rings. The first kappa shape index (κ1) is 23.4. The minimum atomic E-state index is -0.475. The number of nitrogens with zero attached hydrogens (tertiary/aromatic N) is 2. The maximum Gasteiger partial charge on any atom is 0.293 e. The lowest BCUT2D eigenvalue weighted by Gasteiger charge is -2.18. The van der Waals surface area contributed by atoms with E-state index < -0.39 is 5.56 Å². The molecule has 0 spiro atoms. The van der Waals surface area contributed by atoms with E-state index in [2.05, 4.69) is 35.7 Å². The number of nitrogens with one attached hydrogen (secondary N) is 1. The van der Waals surface area contributed by atoms with Gasteiger partial charge in [0.25, 0.3) is 5.56 Å². The maximum atomic E-state index is 11.2. The van der Waals surface area contributed by atoms with Crippen LogP contribution >= 0.6 is 0 Å². The number of aromatic amines is 1. The first-order chi connectivity index (χ1) is 13.9. The number of H-pyrrole nitrogens is 1. The summed E-state index contributed by atoms with van der Waals surface area (Å²) >= 11 is 0. The van der Waals surface area contributed by atoms with Crippen molar-refractivity contribution in [2.75, 3.05) is 0 Å². The van der Waals surface area contributed by atoms with Crippen molar-refractivity contribution in [1.29, 1.82) is 0 Å². The van der Waals surface area contributed by atoms with Crippen molar-refractivity contribution >= 4 is 0 Å². The number of aryl methyl sites for hydroxylation is 2. The van der Waals surface area contributed by atoms with Crippen LogP contribution < -0.4 is 5.56 Å². The number of hydrogen-bond donors (Lipinski definition) is 2. The summed E-state index contributed by atoms with van der Waals surface area (Å²) in [5.41, 5.74) is 1.05. The van der Waals surface area contributed by atoms with Crippen LogP contribution in [0.2, 0.25) is 0 Å². The van der Waals surface area contributed by atoms with Crippen molar-refractivity contribution in [2.45, 2.75) is 66.7 Å². The van der Waals surface area contributed by atoms with Gasteiger partial charge in [0.1, 0.15) is 5.82 Å². The van der Waals surface area contributed by atoms with Crippen LogP contribution in [-0.2, 0) is 11.8 Å². The number of rotatable bonds is 3. The zero-order valence-corrected chi connectivity index (χ0v) is 19.0. The van der Waals surface area contributed by atoms with Gasteiger partial charge in [0.2, 0.25) is 5.75 Å². The van der Waals surface area contributed by atoms with Crippen LogP contribution in [0.15, 0.2) is 45.7 Å². The lowest BCUT2D eigenvalue weighted by atomic mass is 9.91. The van der Waals surface area contributed by atoms with Crippen molar-refractivity contribution in [3.8, 4) is 17.1 Å². The lowest BCUT2D eigenvalue weighted by Crippen LogP contribution is -2.21. The summed E-state index contributed by atoms with van der Waals surface area (Å²) in [6, 6.07) is 10.1. The fourth-order valence-corrected chi connectivity index (χ4v) is 2.75. The number of aromatic nitrogens is 3. The van der Waals surface area contributed by atoms with E-state index >= 15 is 0 Å². The van der Waals surface area contributed by atoms with Crippen LogP contribution in [0.1, 0.15) is 65.4 Å². The summed E-state index contributed by atoms with van der Waals surface area (Å²) in [6.45, 7) is 14.1. The van der Waals surface area contributed by atoms with Gasteiger partial charge in [0.05, 0.1) is 11.9 Å². The normalized spacial score (nSPS) is 11.7.